The van der Waals surface area contributed by atoms with E-state index in [2.05, 4.69) is 38.1 Å². The van der Waals surface area contributed by atoms with Gasteiger partial charge in [0.05, 0.1) is 6.61 Å². The molecule has 1 nitrogen and oxygen atoms in total. The zero-order valence-corrected chi connectivity index (χ0v) is 10.9. The Hall–Kier alpha value is -0.470. The number of rotatable bonds is 5. The molecule has 1 heterocycles. The van der Waals surface area contributed by atoms with Crippen LogP contribution in [0.4, 0.5) is 0 Å². The lowest BCUT2D eigenvalue weighted by Crippen LogP contribution is -2.12. The summed E-state index contributed by atoms with van der Waals surface area (Å²) < 4.78 is 5.74. The minimum atomic E-state index is 0.629. The van der Waals surface area contributed by atoms with Crippen molar-refractivity contribution in [3.63, 3.8) is 0 Å². The van der Waals surface area contributed by atoms with Crippen molar-refractivity contribution in [2.24, 2.45) is 5.92 Å². The first-order chi connectivity index (χ1) is 7.75. The summed E-state index contributed by atoms with van der Waals surface area (Å²) in [6.07, 6.45) is 2.34. The molecule has 0 bridgehead atoms. The molecule has 16 heavy (non-hydrogen) atoms. The Labute approximate surface area is 103 Å². The van der Waals surface area contributed by atoms with Crippen LogP contribution in [0.2, 0.25) is 0 Å². The summed E-state index contributed by atoms with van der Waals surface area (Å²) in [6, 6.07) is 8.69. The van der Waals surface area contributed by atoms with E-state index in [4.69, 9.17) is 4.74 Å². The van der Waals surface area contributed by atoms with Crippen LogP contribution < -0.4 is 0 Å². The lowest BCUT2D eigenvalue weighted by molar-refractivity contribution is 0.125. The minimum absolute atomic E-state index is 0.629. The Balaban J connectivity index is 1.71. The Morgan fingerprint density at radius 2 is 2.19 bits per heavy atom. The predicted molar refractivity (Wildman–Crippen MR) is 70.1 cm³/mol. The molecule has 0 radical (unpaired) electrons. The molecule has 0 N–H and O–H groups in total. The second kappa shape index (κ2) is 5.74. The van der Waals surface area contributed by atoms with E-state index in [1.807, 2.05) is 11.8 Å². The number of hydrogen-bond donors (Lipinski definition) is 0. The average Bonchev–Trinajstić information content (AvgIpc) is 2.66. The van der Waals surface area contributed by atoms with Crippen molar-refractivity contribution >= 4 is 11.8 Å². The van der Waals surface area contributed by atoms with Crippen molar-refractivity contribution < 1.29 is 4.74 Å². The fraction of sp³-hybridized carbons (Fsp3) is 0.571. The van der Waals surface area contributed by atoms with Gasteiger partial charge in [0.2, 0.25) is 0 Å². The van der Waals surface area contributed by atoms with E-state index < -0.39 is 0 Å². The van der Waals surface area contributed by atoms with Gasteiger partial charge in [-0.1, -0.05) is 32.0 Å². The first kappa shape index (κ1) is 12.0. The normalized spacial score (nSPS) is 19.1. The highest BCUT2D eigenvalue weighted by atomic mass is 32.2. The van der Waals surface area contributed by atoms with Crippen LogP contribution in [0.15, 0.2) is 29.2 Å². The third-order valence-electron chi connectivity index (χ3n) is 2.86. The van der Waals surface area contributed by atoms with Crippen LogP contribution in [0.3, 0.4) is 0 Å². The van der Waals surface area contributed by atoms with Crippen molar-refractivity contribution in [1.82, 2.24) is 0 Å². The molecule has 0 aromatic heterocycles. The van der Waals surface area contributed by atoms with Crippen LogP contribution in [0.5, 0.6) is 0 Å². The van der Waals surface area contributed by atoms with E-state index >= 15 is 0 Å². The van der Waals surface area contributed by atoms with Gasteiger partial charge in [0.15, 0.2) is 0 Å². The van der Waals surface area contributed by atoms with Crippen molar-refractivity contribution in [2.45, 2.75) is 36.8 Å². The summed E-state index contributed by atoms with van der Waals surface area (Å²) in [5.41, 5.74) is 1.49. The Bertz CT molecular complexity index is 310. The van der Waals surface area contributed by atoms with Gasteiger partial charge in [0.1, 0.15) is 0 Å². The van der Waals surface area contributed by atoms with Gasteiger partial charge in [-0.3, -0.25) is 0 Å². The summed E-state index contributed by atoms with van der Waals surface area (Å²) in [5, 5.41) is 0.629. The Morgan fingerprint density at radius 1 is 1.38 bits per heavy atom. The molecule has 0 amide bonds. The van der Waals surface area contributed by atoms with Gasteiger partial charge < -0.3 is 4.74 Å². The van der Waals surface area contributed by atoms with Crippen LogP contribution in [0.25, 0.3) is 0 Å². The van der Waals surface area contributed by atoms with Gasteiger partial charge in [0.25, 0.3) is 0 Å². The van der Waals surface area contributed by atoms with Gasteiger partial charge in [-0.25, -0.2) is 0 Å². The fourth-order valence-corrected chi connectivity index (χ4v) is 3.13. The highest BCUT2D eigenvalue weighted by Crippen LogP contribution is 2.36. The molecule has 1 atom stereocenters. The molecule has 1 unspecified atom stereocenters. The molecule has 88 valence electrons. The average molecular weight is 236 g/mol. The highest BCUT2D eigenvalue weighted by Gasteiger charge is 2.21. The molecule has 0 spiro atoms. The van der Waals surface area contributed by atoms with Crippen molar-refractivity contribution in [2.75, 3.05) is 13.2 Å². The summed E-state index contributed by atoms with van der Waals surface area (Å²) in [7, 11) is 0. The summed E-state index contributed by atoms with van der Waals surface area (Å²) >= 11 is 1.97. The molecule has 1 aromatic carbocycles. The van der Waals surface area contributed by atoms with Crippen LogP contribution >= 0.6 is 11.8 Å². The fourth-order valence-electron chi connectivity index (χ4n) is 1.88. The standard InChI is InChI=1S/C14H20OS/c1-11(2)7-8-15-10-13-9-12-5-3-4-6-14(12)16-13/h3-6,11,13H,7-10H2,1-2H3. The Kier molecular flexibility index (Phi) is 4.30. The number of ether oxygens (including phenoxy) is 1. The largest absolute Gasteiger partial charge is 0.380 e. The molecular weight excluding hydrogens is 216 g/mol. The lowest BCUT2D eigenvalue weighted by Gasteiger charge is -2.10. The van der Waals surface area contributed by atoms with E-state index in [9.17, 15) is 0 Å². The van der Waals surface area contributed by atoms with Gasteiger partial charge in [0, 0.05) is 16.8 Å². The summed E-state index contributed by atoms with van der Waals surface area (Å²) in [4.78, 5) is 1.44. The van der Waals surface area contributed by atoms with Crippen LogP contribution in [-0.2, 0) is 11.2 Å². The highest BCUT2D eigenvalue weighted by molar-refractivity contribution is 8.00. The number of fused-ring (bicyclic) bond motifs is 1. The van der Waals surface area contributed by atoms with Gasteiger partial charge in [-0.05, 0) is 30.4 Å². The molecule has 0 aliphatic carbocycles. The van der Waals surface area contributed by atoms with E-state index in [-0.39, 0.29) is 0 Å². The molecule has 0 saturated carbocycles. The van der Waals surface area contributed by atoms with Crippen molar-refractivity contribution in [3.8, 4) is 0 Å². The summed E-state index contributed by atoms with van der Waals surface area (Å²) in [6.45, 7) is 6.28. The molecule has 1 aliphatic rings. The molecule has 0 fully saturated rings. The first-order valence-corrected chi connectivity index (χ1v) is 6.96. The predicted octanol–water partition coefficient (Wildman–Crippen LogP) is 3.77. The second-order valence-electron chi connectivity index (χ2n) is 4.81. The molecule has 1 aromatic rings. The maximum atomic E-state index is 5.74. The smallest absolute Gasteiger partial charge is 0.0591 e. The zero-order chi connectivity index (χ0) is 11.4. The SMILES string of the molecule is CC(C)CCOCC1Cc2ccccc2S1. The lowest BCUT2D eigenvalue weighted by atomic mass is 10.1. The van der Waals surface area contributed by atoms with Crippen molar-refractivity contribution in [1.29, 1.82) is 0 Å². The third-order valence-corrected chi connectivity index (χ3v) is 4.15. The summed E-state index contributed by atoms with van der Waals surface area (Å²) in [5.74, 6) is 0.744. The second-order valence-corrected chi connectivity index (χ2v) is 6.15. The van der Waals surface area contributed by atoms with Crippen molar-refractivity contribution in [3.05, 3.63) is 29.8 Å². The topological polar surface area (TPSA) is 9.23 Å². The van der Waals surface area contributed by atoms with Gasteiger partial charge in [-0.15, -0.1) is 11.8 Å². The number of hydrogen-bond acceptors (Lipinski definition) is 2. The van der Waals surface area contributed by atoms with E-state index in [0.29, 0.717) is 5.25 Å². The van der Waals surface area contributed by atoms with Crippen LogP contribution in [0, 0.1) is 5.92 Å². The van der Waals surface area contributed by atoms with Crippen LogP contribution in [-0.4, -0.2) is 18.5 Å². The van der Waals surface area contributed by atoms with E-state index in [1.54, 1.807) is 0 Å². The van der Waals surface area contributed by atoms with Gasteiger partial charge >= 0.3 is 0 Å². The van der Waals surface area contributed by atoms with Gasteiger partial charge in [-0.2, -0.15) is 0 Å². The monoisotopic (exact) mass is 236 g/mol. The van der Waals surface area contributed by atoms with Crippen LogP contribution in [0.1, 0.15) is 25.8 Å². The number of benzene rings is 1. The molecule has 1 aliphatic heterocycles. The maximum Gasteiger partial charge on any atom is 0.0591 e. The minimum Gasteiger partial charge on any atom is -0.380 e. The molecular formula is C14H20OS. The molecule has 2 rings (SSSR count). The number of thioether (sulfide) groups is 1. The first-order valence-electron chi connectivity index (χ1n) is 6.08. The quantitative estimate of drug-likeness (QED) is 0.720. The molecule has 2 heteroatoms. The molecule has 0 saturated heterocycles. The maximum absolute atomic E-state index is 5.74. The zero-order valence-electron chi connectivity index (χ0n) is 10.1. The Morgan fingerprint density at radius 3 is 2.94 bits per heavy atom. The third kappa shape index (κ3) is 3.26. The van der Waals surface area contributed by atoms with E-state index in [0.717, 1.165) is 19.1 Å². The van der Waals surface area contributed by atoms with E-state index in [1.165, 1.54) is 23.3 Å².